The van der Waals surface area contributed by atoms with E-state index in [-0.39, 0.29) is 24.6 Å². The molecule has 8 heteroatoms. The van der Waals surface area contributed by atoms with Gasteiger partial charge in [0.15, 0.2) is 5.17 Å². The lowest BCUT2D eigenvalue weighted by molar-refractivity contribution is -0.128. The molecule has 3 aromatic rings. The molecule has 2 aromatic carbocycles. The molecule has 1 unspecified atom stereocenters. The topological polar surface area (TPSA) is 74.9 Å². The summed E-state index contributed by atoms with van der Waals surface area (Å²) in [6.07, 6.45) is 1.44. The van der Waals surface area contributed by atoms with Crippen LogP contribution >= 0.6 is 11.8 Å². The fraction of sp³-hybridized carbons (Fsp3) is 0.136. The van der Waals surface area contributed by atoms with E-state index >= 15 is 0 Å². The zero-order valence-corrected chi connectivity index (χ0v) is 16.6. The van der Waals surface area contributed by atoms with Crippen LogP contribution in [0.5, 0.6) is 0 Å². The van der Waals surface area contributed by atoms with Crippen molar-refractivity contribution >= 4 is 40.1 Å². The fourth-order valence-electron chi connectivity index (χ4n) is 2.97. The second-order valence-electron chi connectivity index (χ2n) is 6.57. The van der Waals surface area contributed by atoms with Crippen LogP contribution in [-0.2, 0) is 16.1 Å². The van der Waals surface area contributed by atoms with Gasteiger partial charge in [-0.2, -0.15) is 0 Å². The molecule has 1 aliphatic heterocycles. The molecular formula is C22H18FN3O3S. The van der Waals surface area contributed by atoms with Gasteiger partial charge in [0.05, 0.1) is 24.2 Å². The second kappa shape index (κ2) is 8.96. The predicted molar refractivity (Wildman–Crippen MR) is 114 cm³/mol. The smallest absolute Gasteiger partial charge is 0.243 e. The summed E-state index contributed by atoms with van der Waals surface area (Å²) < 4.78 is 19.2. The van der Waals surface area contributed by atoms with Crippen molar-refractivity contribution in [3.63, 3.8) is 0 Å². The molecule has 30 heavy (non-hydrogen) atoms. The van der Waals surface area contributed by atoms with Gasteiger partial charge in [0, 0.05) is 6.42 Å². The third kappa shape index (κ3) is 4.60. The number of furan rings is 1. The maximum atomic E-state index is 13.8. The van der Waals surface area contributed by atoms with E-state index in [1.54, 1.807) is 24.3 Å². The number of hydrogen-bond acceptors (Lipinski definition) is 5. The van der Waals surface area contributed by atoms with Crippen LogP contribution in [0.25, 0.3) is 0 Å². The lowest BCUT2D eigenvalue weighted by atomic mass is 10.2. The second-order valence-corrected chi connectivity index (χ2v) is 7.74. The van der Waals surface area contributed by atoms with Crippen LogP contribution in [0.1, 0.15) is 12.2 Å². The highest BCUT2D eigenvalue weighted by atomic mass is 32.2. The number of aliphatic imine (C=N–C) groups is 1. The van der Waals surface area contributed by atoms with Gasteiger partial charge >= 0.3 is 0 Å². The summed E-state index contributed by atoms with van der Waals surface area (Å²) in [5, 5.41) is 2.36. The highest BCUT2D eigenvalue weighted by molar-refractivity contribution is 8.15. The Kier molecular flexibility index (Phi) is 5.94. The molecule has 1 N–H and O–H groups in total. The number of rotatable bonds is 6. The lowest BCUT2D eigenvalue weighted by Gasteiger charge is -2.15. The number of para-hydroxylation sites is 2. The summed E-state index contributed by atoms with van der Waals surface area (Å²) >= 11 is 1.22. The van der Waals surface area contributed by atoms with Crippen LogP contribution in [0.15, 0.2) is 82.4 Å². The Labute approximate surface area is 176 Å². The maximum absolute atomic E-state index is 13.8. The molecule has 0 spiro atoms. The Morgan fingerprint density at radius 3 is 2.60 bits per heavy atom. The van der Waals surface area contributed by atoms with E-state index in [9.17, 15) is 14.0 Å². The Balaban J connectivity index is 1.52. The van der Waals surface area contributed by atoms with E-state index in [0.717, 1.165) is 0 Å². The number of hydrogen-bond donors (Lipinski definition) is 1. The molecular weight excluding hydrogens is 405 g/mol. The molecule has 0 radical (unpaired) electrons. The van der Waals surface area contributed by atoms with E-state index in [1.807, 2.05) is 30.3 Å². The first kappa shape index (κ1) is 19.9. The van der Waals surface area contributed by atoms with Gasteiger partial charge in [-0.3, -0.25) is 14.5 Å². The Hall–Kier alpha value is -3.39. The largest absolute Gasteiger partial charge is 0.467 e. The van der Waals surface area contributed by atoms with E-state index in [1.165, 1.54) is 35.1 Å². The minimum atomic E-state index is -0.658. The third-order valence-corrected chi connectivity index (χ3v) is 5.59. The summed E-state index contributed by atoms with van der Waals surface area (Å²) in [5.41, 5.74) is 0.789. The Morgan fingerprint density at radius 2 is 1.87 bits per heavy atom. The number of carbonyl (C=O) groups excluding carboxylic acids is 2. The first-order valence-electron chi connectivity index (χ1n) is 9.28. The Morgan fingerprint density at radius 1 is 1.10 bits per heavy atom. The van der Waals surface area contributed by atoms with Gasteiger partial charge in [-0.1, -0.05) is 42.1 Å². The van der Waals surface area contributed by atoms with Gasteiger partial charge in [-0.25, -0.2) is 9.38 Å². The molecule has 152 valence electrons. The van der Waals surface area contributed by atoms with Crippen LogP contribution in [0.3, 0.4) is 0 Å². The average Bonchev–Trinajstić information content (AvgIpc) is 3.35. The van der Waals surface area contributed by atoms with E-state index in [4.69, 9.17) is 4.42 Å². The molecule has 1 aromatic heterocycles. The van der Waals surface area contributed by atoms with Crippen molar-refractivity contribution in [2.24, 2.45) is 4.99 Å². The molecule has 6 nitrogen and oxygen atoms in total. The summed E-state index contributed by atoms with van der Waals surface area (Å²) in [4.78, 5) is 31.5. The number of nitrogens with zero attached hydrogens (tertiary/aromatic N) is 2. The van der Waals surface area contributed by atoms with Gasteiger partial charge in [-0.05, 0) is 36.4 Å². The van der Waals surface area contributed by atoms with Gasteiger partial charge < -0.3 is 9.73 Å². The van der Waals surface area contributed by atoms with Gasteiger partial charge in [0.1, 0.15) is 16.8 Å². The molecule has 1 saturated heterocycles. The zero-order valence-electron chi connectivity index (χ0n) is 15.8. The minimum absolute atomic E-state index is 0.0866. The molecule has 0 bridgehead atoms. The lowest BCUT2D eigenvalue weighted by Crippen LogP contribution is -2.33. The number of amides is 2. The third-order valence-electron chi connectivity index (χ3n) is 4.41. The van der Waals surface area contributed by atoms with Crippen molar-refractivity contribution in [2.75, 3.05) is 5.32 Å². The predicted octanol–water partition coefficient (Wildman–Crippen LogP) is 4.58. The molecule has 0 aliphatic carbocycles. The summed E-state index contributed by atoms with van der Waals surface area (Å²) in [6, 6.07) is 18.7. The minimum Gasteiger partial charge on any atom is -0.467 e. The number of benzene rings is 2. The fourth-order valence-corrected chi connectivity index (χ4v) is 4.13. The van der Waals surface area contributed by atoms with Crippen LogP contribution in [0.4, 0.5) is 15.8 Å². The number of thioether (sulfide) groups is 1. The van der Waals surface area contributed by atoms with E-state index < -0.39 is 17.0 Å². The summed E-state index contributed by atoms with van der Waals surface area (Å²) in [7, 11) is 0. The van der Waals surface area contributed by atoms with Crippen molar-refractivity contribution < 1.29 is 18.4 Å². The molecule has 1 aliphatic rings. The monoisotopic (exact) mass is 423 g/mol. The number of carbonyl (C=O) groups is 2. The molecule has 0 saturated carbocycles. The van der Waals surface area contributed by atoms with E-state index in [0.29, 0.717) is 16.6 Å². The number of halogens is 1. The molecule has 2 heterocycles. The average molecular weight is 423 g/mol. The van der Waals surface area contributed by atoms with Crippen molar-refractivity contribution in [3.05, 3.63) is 84.6 Å². The quantitative estimate of drug-likeness (QED) is 0.630. The van der Waals surface area contributed by atoms with Gasteiger partial charge in [-0.15, -0.1) is 0 Å². The van der Waals surface area contributed by atoms with Crippen LogP contribution in [0, 0.1) is 5.82 Å². The van der Waals surface area contributed by atoms with Crippen molar-refractivity contribution in [2.45, 2.75) is 18.2 Å². The molecule has 1 fully saturated rings. The number of nitrogens with one attached hydrogen (secondary N) is 1. The molecule has 1 atom stereocenters. The first-order chi connectivity index (χ1) is 14.6. The number of amidine groups is 1. The van der Waals surface area contributed by atoms with Crippen molar-refractivity contribution in [1.29, 1.82) is 0 Å². The highest BCUT2D eigenvalue weighted by Gasteiger charge is 2.39. The van der Waals surface area contributed by atoms with E-state index in [2.05, 4.69) is 10.3 Å². The van der Waals surface area contributed by atoms with Gasteiger partial charge in [0.2, 0.25) is 11.8 Å². The number of anilines is 1. The molecule has 4 rings (SSSR count). The van der Waals surface area contributed by atoms with Crippen molar-refractivity contribution in [3.8, 4) is 0 Å². The van der Waals surface area contributed by atoms with Crippen LogP contribution < -0.4 is 5.32 Å². The SMILES string of the molecule is O=C(CC1SC(=Nc2ccccc2)N(Cc2ccco2)C1=O)Nc1ccccc1F. The highest BCUT2D eigenvalue weighted by Crippen LogP contribution is 2.33. The van der Waals surface area contributed by atoms with Crippen LogP contribution in [-0.4, -0.2) is 27.1 Å². The maximum Gasteiger partial charge on any atom is 0.243 e. The Bertz CT molecular complexity index is 1070. The summed E-state index contributed by atoms with van der Waals surface area (Å²) in [6.45, 7) is 0.218. The van der Waals surface area contributed by atoms with Gasteiger partial charge in [0.25, 0.3) is 0 Å². The zero-order chi connectivity index (χ0) is 20.9. The van der Waals surface area contributed by atoms with Crippen molar-refractivity contribution in [1.82, 2.24) is 4.90 Å². The normalized spacial score (nSPS) is 17.5. The standard InChI is InChI=1S/C22H18FN3O3S/c23-17-10-4-5-11-18(17)25-20(27)13-19-21(28)26(14-16-9-6-12-29-16)22(30-19)24-15-7-2-1-3-8-15/h1-12,19H,13-14H2,(H,25,27). The molecule has 2 amide bonds. The van der Waals surface area contributed by atoms with Crippen LogP contribution in [0.2, 0.25) is 0 Å². The first-order valence-corrected chi connectivity index (χ1v) is 10.2. The summed E-state index contributed by atoms with van der Waals surface area (Å²) in [5.74, 6) is -0.595.